The highest BCUT2D eigenvalue weighted by atomic mass is 32.2. The number of methoxy groups -OCH3 is 1. The first-order chi connectivity index (χ1) is 11.2. The van der Waals surface area contributed by atoms with Crippen molar-refractivity contribution in [3.05, 3.63) is 47.5 Å². The summed E-state index contributed by atoms with van der Waals surface area (Å²) in [4.78, 5) is 12.3. The normalized spacial score (nSPS) is 11.0. The lowest BCUT2D eigenvalue weighted by Gasteiger charge is -2.13. The smallest absolute Gasteiger partial charge is 0.259 e. The van der Waals surface area contributed by atoms with Gasteiger partial charge in [-0.15, -0.1) is 0 Å². The molecule has 0 unspecified atom stereocenters. The number of aromatic hydroxyl groups is 1. The number of anilines is 2. The van der Waals surface area contributed by atoms with E-state index in [0.29, 0.717) is 11.4 Å². The van der Waals surface area contributed by atoms with E-state index in [9.17, 15) is 18.3 Å². The van der Waals surface area contributed by atoms with Crippen LogP contribution in [-0.2, 0) is 10.0 Å². The molecule has 0 bridgehead atoms. The summed E-state index contributed by atoms with van der Waals surface area (Å²) < 4.78 is 30.2. The topological polar surface area (TPSA) is 105 Å². The Morgan fingerprint density at radius 2 is 1.88 bits per heavy atom. The summed E-state index contributed by atoms with van der Waals surface area (Å²) in [7, 11) is -2.09. The Balaban J connectivity index is 2.29. The van der Waals surface area contributed by atoms with E-state index < -0.39 is 15.9 Å². The lowest BCUT2D eigenvalue weighted by Crippen LogP contribution is -2.14. The van der Waals surface area contributed by atoms with Crippen molar-refractivity contribution in [2.24, 2.45) is 0 Å². The Morgan fingerprint density at radius 1 is 1.17 bits per heavy atom. The molecule has 2 rings (SSSR count). The second kappa shape index (κ2) is 6.79. The number of phenolic OH excluding ortho intramolecular Hbond substituents is 1. The van der Waals surface area contributed by atoms with Gasteiger partial charge in [0.05, 0.1) is 24.6 Å². The van der Waals surface area contributed by atoms with E-state index >= 15 is 0 Å². The highest BCUT2D eigenvalue weighted by Gasteiger charge is 2.14. The highest BCUT2D eigenvalue weighted by Crippen LogP contribution is 2.29. The number of aryl methyl sites for hydroxylation is 1. The van der Waals surface area contributed by atoms with E-state index in [0.717, 1.165) is 11.8 Å². The molecule has 0 fully saturated rings. The lowest BCUT2D eigenvalue weighted by molar-refractivity contribution is 0.102. The van der Waals surface area contributed by atoms with Crippen molar-refractivity contribution >= 4 is 27.3 Å². The van der Waals surface area contributed by atoms with Gasteiger partial charge in [0.15, 0.2) is 0 Å². The molecule has 0 radical (unpaired) electrons. The Bertz CT molecular complexity index is 878. The van der Waals surface area contributed by atoms with Crippen molar-refractivity contribution in [1.29, 1.82) is 0 Å². The molecule has 0 heterocycles. The zero-order valence-corrected chi connectivity index (χ0v) is 14.3. The van der Waals surface area contributed by atoms with Crippen molar-refractivity contribution in [1.82, 2.24) is 0 Å². The first-order valence-corrected chi connectivity index (χ1v) is 8.85. The minimum atomic E-state index is -3.50. The number of rotatable bonds is 5. The van der Waals surface area contributed by atoms with E-state index in [1.54, 1.807) is 19.1 Å². The molecule has 0 aromatic heterocycles. The van der Waals surface area contributed by atoms with Gasteiger partial charge in [0.2, 0.25) is 10.0 Å². The minimum Gasteiger partial charge on any atom is -0.507 e. The Labute approximate surface area is 140 Å². The van der Waals surface area contributed by atoms with Gasteiger partial charge in [-0.1, -0.05) is 6.07 Å². The summed E-state index contributed by atoms with van der Waals surface area (Å²) in [6.45, 7) is 1.80. The van der Waals surface area contributed by atoms with Gasteiger partial charge in [0, 0.05) is 5.69 Å². The summed E-state index contributed by atoms with van der Waals surface area (Å²) in [6.07, 6.45) is 1.02. The maximum absolute atomic E-state index is 12.3. The number of hydrogen-bond acceptors (Lipinski definition) is 5. The molecule has 0 saturated carbocycles. The SMILES string of the molecule is COc1ccc(NC(=O)c2ccc(C)cc2O)cc1NS(C)(=O)=O. The Kier molecular flexibility index (Phi) is 4.99. The Morgan fingerprint density at radius 3 is 2.46 bits per heavy atom. The number of carbonyl (C=O) groups is 1. The molecular weight excluding hydrogens is 332 g/mol. The van der Waals surface area contributed by atoms with Gasteiger partial charge in [-0.05, 0) is 42.8 Å². The van der Waals surface area contributed by atoms with Crippen LogP contribution >= 0.6 is 0 Å². The summed E-state index contributed by atoms with van der Waals surface area (Å²) in [5.74, 6) is -0.324. The second-order valence-corrected chi connectivity index (χ2v) is 7.01. The van der Waals surface area contributed by atoms with E-state index in [1.807, 2.05) is 0 Å². The van der Waals surface area contributed by atoms with Gasteiger partial charge >= 0.3 is 0 Å². The highest BCUT2D eigenvalue weighted by molar-refractivity contribution is 7.92. The molecule has 0 aliphatic heterocycles. The summed E-state index contributed by atoms with van der Waals surface area (Å²) in [5, 5.41) is 12.5. The molecule has 2 aromatic rings. The van der Waals surface area contributed by atoms with Crippen molar-refractivity contribution in [2.45, 2.75) is 6.92 Å². The molecule has 3 N–H and O–H groups in total. The fourth-order valence-electron chi connectivity index (χ4n) is 2.10. The van der Waals surface area contributed by atoms with Crippen molar-refractivity contribution in [3.8, 4) is 11.5 Å². The number of phenols is 1. The van der Waals surface area contributed by atoms with Crippen LogP contribution in [0.5, 0.6) is 11.5 Å². The molecule has 0 atom stereocenters. The Hall–Kier alpha value is -2.74. The lowest BCUT2D eigenvalue weighted by atomic mass is 10.1. The molecule has 0 saturated heterocycles. The number of benzene rings is 2. The molecule has 8 heteroatoms. The maximum Gasteiger partial charge on any atom is 0.259 e. The molecule has 128 valence electrons. The van der Waals surface area contributed by atoms with Gasteiger partial charge in [0.25, 0.3) is 5.91 Å². The van der Waals surface area contributed by atoms with Crippen LogP contribution in [0.2, 0.25) is 0 Å². The number of nitrogens with one attached hydrogen (secondary N) is 2. The number of sulfonamides is 1. The van der Waals surface area contributed by atoms with Crippen LogP contribution in [0.4, 0.5) is 11.4 Å². The van der Waals surface area contributed by atoms with Crippen LogP contribution in [0.25, 0.3) is 0 Å². The molecule has 7 nitrogen and oxygen atoms in total. The number of ether oxygens (including phenoxy) is 1. The molecular formula is C16H18N2O5S. The van der Waals surface area contributed by atoms with Crippen molar-refractivity contribution < 1.29 is 23.1 Å². The fourth-order valence-corrected chi connectivity index (χ4v) is 2.66. The third-order valence-electron chi connectivity index (χ3n) is 3.15. The number of hydrogen-bond donors (Lipinski definition) is 3. The number of carbonyl (C=O) groups excluding carboxylic acids is 1. The quantitative estimate of drug-likeness (QED) is 0.768. The third-order valence-corrected chi connectivity index (χ3v) is 3.74. The van der Waals surface area contributed by atoms with Crippen LogP contribution in [0, 0.1) is 6.92 Å². The predicted octanol–water partition coefficient (Wildman–Crippen LogP) is 2.33. The van der Waals surface area contributed by atoms with Gasteiger partial charge in [-0.25, -0.2) is 8.42 Å². The van der Waals surface area contributed by atoms with E-state index in [-0.39, 0.29) is 17.0 Å². The minimum absolute atomic E-state index is 0.119. The molecule has 2 aromatic carbocycles. The summed E-state index contributed by atoms with van der Waals surface area (Å²) in [6, 6.07) is 9.23. The van der Waals surface area contributed by atoms with Gasteiger partial charge in [-0.2, -0.15) is 0 Å². The van der Waals surface area contributed by atoms with Crippen molar-refractivity contribution in [2.75, 3.05) is 23.4 Å². The van der Waals surface area contributed by atoms with E-state index in [1.165, 1.54) is 31.4 Å². The molecule has 0 spiro atoms. The van der Waals surface area contributed by atoms with Gasteiger partial charge < -0.3 is 15.2 Å². The number of amides is 1. The zero-order chi connectivity index (χ0) is 17.9. The maximum atomic E-state index is 12.3. The van der Waals surface area contributed by atoms with Gasteiger partial charge in [0.1, 0.15) is 11.5 Å². The summed E-state index contributed by atoms with van der Waals surface area (Å²) in [5.41, 5.74) is 1.50. The summed E-state index contributed by atoms with van der Waals surface area (Å²) >= 11 is 0. The van der Waals surface area contributed by atoms with Gasteiger partial charge in [-0.3, -0.25) is 9.52 Å². The van der Waals surface area contributed by atoms with E-state index in [4.69, 9.17) is 4.74 Å². The van der Waals surface area contributed by atoms with Crippen molar-refractivity contribution in [3.63, 3.8) is 0 Å². The second-order valence-electron chi connectivity index (χ2n) is 5.26. The first-order valence-electron chi connectivity index (χ1n) is 6.96. The largest absolute Gasteiger partial charge is 0.507 e. The van der Waals surface area contributed by atoms with Crippen LogP contribution in [0.1, 0.15) is 15.9 Å². The average Bonchev–Trinajstić information content (AvgIpc) is 2.45. The monoisotopic (exact) mass is 350 g/mol. The molecule has 0 aliphatic rings. The zero-order valence-electron chi connectivity index (χ0n) is 13.5. The molecule has 1 amide bonds. The van der Waals surface area contributed by atoms with Crippen LogP contribution in [-0.4, -0.2) is 32.8 Å². The molecule has 0 aliphatic carbocycles. The predicted molar refractivity (Wildman–Crippen MR) is 92.3 cm³/mol. The van der Waals surface area contributed by atoms with Crippen LogP contribution < -0.4 is 14.8 Å². The standard InChI is InChI=1S/C16H18N2O5S/c1-10-4-6-12(14(19)8-10)16(20)17-11-5-7-15(23-2)13(9-11)18-24(3,21)22/h4-9,18-19H,1-3H3,(H,17,20). The fraction of sp³-hybridized carbons (Fsp3) is 0.188. The molecule has 24 heavy (non-hydrogen) atoms. The third kappa shape index (κ3) is 4.39. The van der Waals surface area contributed by atoms with Crippen LogP contribution in [0.3, 0.4) is 0 Å². The average molecular weight is 350 g/mol. The first kappa shape index (κ1) is 17.6. The van der Waals surface area contributed by atoms with E-state index in [2.05, 4.69) is 10.0 Å². The van der Waals surface area contributed by atoms with Crippen LogP contribution in [0.15, 0.2) is 36.4 Å².